The SMILES string of the molecule is Cc1nc(-c2cccnc2C(C)C)c2n1CCN(c1cc(N3CCCCC3)ncn1)C2. The van der Waals surface area contributed by atoms with Crippen LogP contribution in [0.3, 0.4) is 0 Å². The highest BCUT2D eigenvalue weighted by molar-refractivity contribution is 5.66. The molecule has 0 N–H and O–H groups in total. The highest BCUT2D eigenvalue weighted by Gasteiger charge is 2.26. The molecule has 0 spiro atoms. The number of pyridine rings is 1. The zero-order valence-electron chi connectivity index (χ0n) is 18.8. The Hall–Kier alpha value is -2.96. The molecular formula is C24H31N7. The zero-order valence-corrected chi connectivity index (χ0v) is 18.8. The van der Waals surface area contributed by atoms with Gasteiger partial charge in [-0.15, -0.1) is 0 Å². The molecule has 2 aliphatic rings. The molecule has 1 fully saturated rings. The third-order valence-corrected chi connectivity index (χ3v) is 6.48. The van der Waals surface area contributed by atoms with Crippen LogP contribution in [-0.4, -0.2) is 44.1 Å². The summed E-state index contributed by atoms with van der Waals surface area (Å²) in [6.45, 7) is 11.3. The fourth-order valence-electron chi connectivity index (χ4n) is 4.84. The van der Waals surface area contributed by atoms with Crippen LogP contribution >= 0.6 is 0 Å². The summed E-state index contributed by atoms with van der Waals surface area (Å²) < 4.78 is 2.36. The number of imidazole rings is 1. The highest BCUT2D eigenvalue weighted by Crippen LogP contribution is 2.33. The molecule has 162 valence electrons. The van der Waals surface area contributed by atoms with Crippen molar-refractivity contribution in [1.82, 2.24) is 24.5 Å². The third kappa shape index (κ3) is 3.77. The van der Waals surface area contributed by atoms with Crippen LogP contribution in [0.2, 0.25) is 0 Å². The molecule has 0 saturated carbocycles. The third-order valence-electron chi connectivity index (χ3n) is 6.48. The maximum absolute atomic E-state index is 4.98. The van der Waals surface area contributed by atoms with Crippen molar-refractivity contribution in [2.45, 2.75) is 59.0 Å². The quantitative estimate of drug-likeness (QED) is 0.635. The fourth-order valence-corrected chi connectivity index (χ4v) is 4.84. The maximum atomic E-state index is 4.98. The summed E-state index contributed by atoms with van der Waals surface area (Å²) in [6, 6.07) is 6.33. The number of hydrogen-bond acceptors (Lipinski definition) is 6. The Morgan fingerprint density at radius 2 is 1.68 bits per heavy atom. The minimum Gasteiger partial charge on any atom is -0.356 e. The molecule has 3 aromatic rings. The maximum Gasteiger partial charge on any atom is 0.134 e. The molecule has 0 radical (unpaired) electrons. The Balaban J connectivity index is 1.48. The first kappa shape index (κ1) is 20.0. The number of rotatable bonds is 4. The van der Waals surface area contributed by atoms with E-state index >= 15 is 0 Å². The van der Waals surface area contributed by atoms with Gasteiger partial charge in [0.2, 0.25) is 0 Å². The van der Waals surface area contributed by atoms with Gasteiger partial charge in [-0.1, -0.05) is 13.8 Å². The van der Waals surface area contributed by atoms with Crippen LogP contribution in [0, 0.1) is 6.92 Å². The Morgan fingerprint density at radius 3 is 2.45 bits per heavy atom. The number of hydrogen-bond donors (Lipinski definition) is 0. The average molecular weight is 418 g/mol. The molecule has 0 atom stereocenters. The number of fused-ring (bicyclic) bond motifs is 1. The van der Waals surface area contributed by atoms with Crippen molar-refractivity contribution in [2.75, 3.05) is 29.4 Å². The van der Waals surface area contributed by atoms with E-state index in [-0.39, 0.29) is 0 Å². The van der Waals surface area contributed by atoms with Gasteiger partial charge in [0.05, 0.1) is 23.6 Å². The fraction of sp³-hybridized carbons (Fsp3) is 0.500. The smallest absolute Gasteiger partial charge is 0.134 e. The van der Waals surface area contributed by atoms with E-state index in [0.717, 1.165) is 67.1 Å². The van der Waals surface area contributed by atoms with Gasteiger partial charge in [0.15, 0.2) is 0 Å². The lowest BCUT2D eigenvalue weighted by Crippen LogP contribution is -2.35. The molecule has 7 heteroatoms. The number of anilines is 2. The molecule has 3 aromatic heterocycles. The van der Waals surface area contributed by atoms with Crippen molar-refractivity contribution in [3.8, 4) is 11.3 Å². The van der Waals surface area contributed by atoms with Crippen LogP contribution in [-0.2, 0) is 13.1 Å². The van der Waals surface area contributed by atoms with E-state index in [0.29, 0.717) is 5.92 Å². The lowest BCUT2D eigenvalue weighted by molar-refractivity contribution is 0.554. The zero-order chi connectivity index (χ0) is 21.4. The standard InChI is InChI=1S/C24H31N7/c1-17(2)23-19(8-7-9-25-23)24-20-15-30(12-13-31(20)18(3)28-24)22-14-21(26-16-27-22)29-10-5-4-6-11-29/h7-9,14,16-17H,4-6,10-13,15H2,1-3H3. The summed E-state index contributed by atoms with van der Waals surface area (Å²) in [5.41, 5.74) is 4.56. The second-order valence-corrected chi connectivity index (χ2v) is 8.90. The minimum atomic E-state index is 0.350. The summed E-state index contributed by atoms with van der Waals surface area (Å²) >= 11 is 0. The summed E-state index contributed by atoms with van der Waals surface area (Å²) in [4.78, 5) is 23.6. The summed E-state index contributed by atoms with van der Waals surface area (Å²) in [7, 11) is 0. The van der Waals surface area contributed by atoms with Crippen molar-refractivity contribution in [3.05, 3.63) is 47.9 Å². The number of piperidine rings is 1. The molecule has 31 heavy (non-hydrogen) atoms. The predicted molar refractivity (Wildman–Crippen MR) is 123 cm³/mol. The van der Waals surface area contributed by atoms with Crippen molar-refractivity contribution >= 4 is 11.6 Å². The lowest BCUT2D eigenvalue weighted by atomic mass is 10.00. The van der Waals surface area contributed by atoms with Crippen molar-refractivity contribution in [2.24, 2.45) is 0 Å². The molecule has 0 unspecified atom stereocenters. The Morgan fingerprint density at radius 1 is 0.903 bits per heavy atom. The van der Waals surface area contributed by atoms with Gasteiger partial charge in [0.25, 0.3) is 0 Å². The van der Waals surface area contributed by atoms with E-state index < -0.39 is 0 Å². The first-order chi connectivity index (χ1) is 15.1. The molecule has 0 bridgehead atoms. The molecule has 0 aliphatic carbocycles. The summed E-state index contributed by atoms with van der Waals surface area (Å²) in [5.74, 6) is 3.47. The normalized spacial score (nSPS) is 16.6. The Bertz CT molecular complexity index is 1070. The highest BCUT2D eigenvalue weighted by atomic mass is 15.3. The molecule has 5 rings (SSSR count). The van der Waals surface area contributed by atoms with Crippen LogP contribution < -0.4 is 9.80 Å². The lowest BCUT2D eigenvalue weighted by Gasteiger charge is -2.32. The molecule has 0 aromatic carbocycles. The van der Waals surface area contributed by atoms with E-state index in [1.54, 1.807) is 6.33 Å². The van der Waals surface area contributed by atoms with Crippen molar-refractivity contribution in [1.29, 1.82) is 0 Å². The van der Waals surface area contributed by atoms with Crippen LogP contribution in [0.1, 0.15) is 56.2 Å². The van der Waals surface area contributed by atoms with Crippen LogP contribution in [0.15, 0.2) is 30.7 Å². The molecule has 2 aliphatic heterocycles. The second-order valence-electron chi connectivity index (χ2n) is 8.90. The van der Waals surface area contributed by atoms with E-state index in [1.807, 2.05) is 12.3 Å². The minimum absolute atomic E-state index is 0.350. The van der Waals surface area contributed by atoms with Gasteiger partial charge in [0, 0.05) is 44.0 Å². The summed E-state index contributed by atoms with van der Waals surface area (Å²) in [6.07, 6.45) is 7.40. The Labute approximate surface area is 184 Å². The van der Waals surface area contributed by atoms with Gasteiger partial charge in [0.1, 0.15) is 23.8 Å². The van der Waals surface area contributed by atoms with Gasteiger partial charge < -0.3 is 14.4 Å². The average Bonchev–Trinajstić information content (AvgIpc) is 3.15. The topological polar surface area (TPSA) is 63.0 Å². The van der Waals surface area contributed by atoms with E-state index in [1.165, 1.54) is 25.0 Å². The molecule has 0 amide bonds. The van der Waals surface area contributed by atoms with Crippen molar-refractivity contribution < 1.29 is 0 Å². The van der Waals surface area contributed by atoms with E-state index in [9.17, 15) is 0 Å². The van der Waals surface area contributed by atoms with Gasteiger partial charge >= 0.3 is 0 Å². The molecule has 1 saturated heterocycles. The summed E-state index contributed by atoms with van der Waals surface area (Å²) in [5, 5.41) is 0. The number of nitrogens with zero attached hydrogens (tertiary/aromatic N) is 7. The Kier molecular flexibility index (Phi) is 5.34. The van der Waals surface area contributed by atoms with Gasteiger partial charge in [-0.3, -0.25) is 4.98 Å². The van der Waals surface area contributed by atoms with Gasteiger partial charge in [-0.25, -0.2) is 15.0 Å². The first-order valence-corrected chi connectivity index (χ1v) is 11.4. The largest absolute Gasteiger partial charge is 0.356 e. The van der Waals surface area contributed by atoms with E-state index in [2.05, 4.69) is 62.2 Å². The number of aryl methyl sites for hydroxylation is 1. The predicted octanol–water partition coefficient (Wildman–Crippen LogP) is 4.18. The second kappa shape index (κ2) is 8.29. The van der Waals surface area contributed by atoms with Crippen LogP contribution in [0.25, 0.3) is 11.3 Å². The van der Waals surface area contributed by atoms with Gasteiger partial charge in [-0.05, 0) is 44.2 Å². The molecule has 7 nitrogen and oxygen atoms in total. The molecule has 5 heterocycles. The van der Waals surface area contributed by atoms with Gasteiger partial charge in [-0.2, -0.15) is 0 Å². The monoisotopic (exact) mass is 417 g/mol. The van der Waals surface area contributed by atoms with Crippen LogP contribution in [0.4, 0.5) is 11.6 Å². The number of aromatic nitrogens is 5. The molecular weight excluding hydrogens is 386 g/mol. The van der Waals surface area contributed by atoms with Crippen molar-refractivity contribution in [3.63, 3.8) is 0 Å². The van der Waals surface area contributed by atoms with E-state index in [4.69, 9.17) is 4.98 Å². The first-order valence-electron chi connectivity index (χ1n) is 11.4. The van der Waals surface area contributed by atoms with Crippen LogP contribution in [0.5, 0.6) is 0 Å².